The predicted octanol–water partition coefficient (Wildman–Crippen LogP) is 1.49. The predicted molar refractivity (Wildman–Crippen MR) is 55.2 cm³/mol. The molecule has 1 N–H and O–H groups in total. The second kappa shape index (κ2) is 4.62. The van der Waals surface area contributed by atoms with E-state index in [2.05, 4.69) is 4.98 Å². The molecule has 0 saturated heterocycles. The minimum Gasteiger partial charge on any atom is -0.390 e. The number of nitrogens with zero attached hydrogens (tertiary/aromatic N) is 2. The maximum Gasteiger partial charge on any atom is 0.401 e. The first-order valence-corrected chi connectivity index (χ1v) is 5.35. The zero-order valence-corrected chi connectivity index (χ0v) is 9.17. The molecule has 94 valence electrons. The third kappa shape index (κ3) is 3.17. The molecule has 2 rings (SSSR count). The fourth-order valence-electron chi connectivity index (χ4n) is 2.00. The van der Waals surface area contributed by atoms with Gasteiger partial charge in [-0.15, -0.1) is 0 Å². The fourth-order valence-corrected chi connectivity index (χ4v) is 2.00. The minimum atomic E-state index is -4.16. The molecule has 0 bridgehead atoms. The van der Waals surface area contributed by atoms with E-state index in [1.54, 1.807) is 12.1 Å². The Hall–Kier alpha value is -1.14. The molecule has 0 aliphatic carbocycles. The Morgan fingerprint density at radius 3 is 2.76 bits per heavy atom. The standard InChI is InChI=1S/C11H13F3N2O/c12-11(13,14)7-16-4-3-10-8(5-16)1-2-9(6-17)15-10/h1-2,17H,3-7H2. The number of aromatic nitrogens is 1. The molecule has 1 aromatic rings. The van der Waals surface area contributed by atoms with Crippen molar-refractivity contribution in [3.63, 3.8) is 0 Å². The van der Waals surface area contributed by atoms with Gasteiger partial charge in [-0.1, -0.05) is 6.07 Å². The van der Waals surface area contributed by atoms with Gasteiger partial charge in [0.2, 0.25) is 0 Å². The van der Waals surface area contributed by atoms with Gasteiger partial charge in [0.05, 0.1) is 18.8 Å². The largest absolute Gasteiger partial charge is 0.401 e. The van der Waals surface area contributed by atoms with Gasteiger partial charge in [-0.25, -0.2) is 0 Å². The van der Waals surface area contributed by atoms with Crippen molar-refractivity contribution in [3.05, 3.63) is 29.1 Å². The molecule has 0 saturated carbocycles. The Morgan fingerprint density at radius 1 is 1.35 bits per heavy atom. The summed E-state index contributed by atoms with van der Waals surface area (Å²) in [4.78, 5) is 5.57. The van der Waals surface area contributed by atoms with Gasteiger partial charge in [-0.05, 0) is 11.6 Å². The Bertz CT molecular complexity index is 406. The first-order valence-electron chi connectivity index (χ1n) is 5.35. The monoisotopic (exact) mass is 246 g/mol. The highest BCUT2D eigenvalue weighted by Gasteiger charge is 2.32. The summed E-state index contributed by atoms with van der Waals surface area (Å²) in [5, 5.41) is 8.92. The second-order valence-electron chi connectivity index (χ2n) is 4.14. The summed E-state index contributed by atoms with van der Waals surface area (Å²) in [6, 6.07) is 3.40. The van der Waals surface area contributed by atoms with Crippen LogP contribution in [0.25, 0.3) is 0 Å². The van der Waals surface area contributed by atoms with Gasteiger partial charge in [0.25, 0.3) is 0 Å². The molecule has 1 aliphatic heterocycles. The number of hydrogen-bond acceptors (Lipinski definition) is 3. The summed E-state index contributed by atoms with van der Waals surface area (Å²) >= 11 is 0. The van der Waals surface area contributed by atoms with Gasteiger partial charge >= 0.3 is 6.18 Å². The minimum absolute atomic E-state index is 0.139. The maximum atomic E-state index is 12.2. The van der Waals surface area contributed by atoms with Crippen molar-refractivity contribution >= 4 is 0 Å². The molecule has 1 aliphatic rings. The highest BCUT2D eigenvalue weighted by atomic mass is 19.4. The summed E-state index contributed by atoms with van der Waals surface area (Å²) in [6.07, 6.45) is -3.66. The van der Waals surface area contributed by atoms with Gasteiger partial charge < -0.3 is 5.11 Å². The van der Waals surface area contributed by atoms with Crippen LogP contribution in [0.15, 0.2) is 12.1 Å². The van der Waals surface area contributed by atoms with Crippen LogP contribution >= 0.6 is 0 Å². The highest BCUT2D eigenvalue weighted by molar-refractivity contribution is 5.25. The summed E-state index contributed by atoms with van der Waals surface area (Å²) in [5.41, 5.74) is 2.18. The number of pyridine rings is 1. The van der Waals surface area contributed by atoms with Gasteiger partial charge in [-0.3, -0.25) is 9.88 Å². The SMILES string of the molecule is OCc1ccc2c(n1)CCN(CC(F)(F)F)C2. The van der Waals surface area contributed by atoms with E-state index in [4.69, 9.17) is 5.11 Å². The lowest BCUT2D eigenvalue weighted by Gasteiger charge is -2.28. The number of halogens is 3. The maximum absolute atomic E-state index is 12.2. The molecule has 0 fully saturated rings. The van der Waals surface area contributed by atoms with Crippen molar-refractivity contribution in [2.24, 2.45) is 0 Å². The second-order valence-corrected chi connectivity index (χ2v) is 4.14. The van der Waals surface area contributed by atoms with E-state index >= 15 is 0 Å². The zero-order chi connectivity index (χ0) is 12.5. The normalized spacial score (nSPS) is 16.9. The number of rotatable bonds is 2. The molecular weight excluding hydrogens is 233 g/mol. The first kappa shape index (κ1) is 12.3. The van der Waals surface area contributed by atoms with Crippen LogP contribution in [-0.2, 0) is 19.6 Å². The van der Waals surface area contributed by atoms with Crippen LogP contribution in [0.5, 0.6) is 0 Å². The van der Waals surface area contributed by atoms with Crippen molar-refractivity contribution in [1.82, 2.24) is 9.88 Å². The summed E-state index contributed by atoms with van der Waals surface area (Å²) in [7, 11) is 0. The van der Waals surface area contributed by atoms with Crippen LogP contribution < -0.4 is 0 Å². The van der Waals surface area contributed by atoms with E-state index < -0.39 is 12.7 Å². The Balaban J connectivity index is 2.09. The number of hydrogen-bond donors (Lipinski definition) is 1. The van der Waals surface area contributed by atoms with E-state index in [1.165, 1.54) is 4.90 Å². The summed E-state index contributed by atoms with van der Waals surface area (Å²) in [6.45, 7) is -0.393. The van der Waals surface area contributed by atoms with Gasteiger partial charge in [0.15, 0.2) is 0 Å². The number of aliphatic hydroxyl groups is 1. The lowest BCUT2D eigenvalue weighted by molar-refractivity contribution is -0.147. The lowest BCUT2D eigenvalue weighted by atomic mass is 10.1. The Morgan fingerprint density at radius 2 is 2.12 bits per heavy atom. The highest BCUT2D eigenvalue weighted by Crippen LogP contribution is 2.22. The third-order valence-corrected chi connectivity index (χ3v) is 2.75. The van der Waals surface area contributed by atoms with Gasteiger partial charge in [0, 0.05) is 25.2 Å². The van der Waals surface area contributed by atoms with Crippen LogP contribution in [-0.4, -0.2) is 34.3 Å². The van der Waals surface area contributed by atoms with Crippen LogP contribution in [0.3, 0.4) is 0 Å². The summed E-state index contributed by atoms with van der Waals surface area (Å²) in [5.74, 6) is 0. The molecule has 17 heavy (non-hydrogen) atoms. The third-order valence-electron chi connectivity index (χ3n) is 2.75. The average Bonchev–Trinajstić information content (AvgIpc) is 2.26. The summed E-state index contributed by atoms with van der Waals surface area (Å²) < 4.78 is 36.7. The van der Waals surface area contributed by atoms with Gasteiger partial charge in [-0.2, -0.15) is 13.2 Å². The lowest BCUT2D eigenvalue weighted by Crippen LogP contribution is -2.38. The van der Waals surface area contributed by atoms with E-state index in [0.29, 0.717) is 18.7 Å². The molecule has 0 amide bonds. The average molecular weight is 246 g/mol. The first-order chi connectivity index (χ1) is 7.98. The molecule has 3 nitrogen and oxygen atoms in total. The molecule has 6 heteroatoms. The molecule has 0 atom stereocenters. The Labute approximate surface area is 96.9 Å². The number of fused-ring (bicyclic) bond motifs is 1. The quantitative estimate of drug-likeness (QED) is 0.859. The number of aliphatic hydroxyl groups excluding tert-OH is 1. The smallest absolute Gasteiger partial charge is 0.390 e. The fraction of sp³-hybridized carbons (Fsp3) is 0.545. The molecule has 0 radical (unpaired) electrons. The Kier molecular flexibility index (Phi) is 3.35. The topological polar surface area (TPSA) is 36.4 Å². The van der Waals surface area contributed by atoms with Crippen molar-refractivity contribution in [2.45, 2.75) is 25.7 Å². The van der Waals surface area contributed by atoms with E-state index in [1.807, 2.05) is 0 Å². The number of alkyl halides is 3. The van der Waals surface area contributed by atoms with E-state index in [-0.39, 0.29) is 13.2 Å². The molecular formula is C11H13F3N2O. The van der Waals surface area contributed by atoms with Crippen LogP contribution in [0.4, 0.5) is 13.2 Å². The van der Waals surface area contributed by atoms with Crippen molar-refractivity contribution in [2.75, 3.05) is 13.1 Å². The molecule has 2 heterocycles. The molecule has 0 spiro atoms. The molecule has 0 aromatic carbocycles. The molecule has 0 unspecified atom stereocenters. The van der Waals surface area contributed by atoms with Crippen molar-refractivity contribution in [3.8, 4) is 0 Å². The van der Waals surface area contributed by atoms with E-state index in [0.717, 1.165) is 11.3 Å². The zero-order valence-electron chi connectivity index (χ0n) is 9.17. The van der Waals surface area contributed by atoms with Crippen LogP contribution in [0.2, 0.25) is 0 Å². The van der Waals surface area contributed by atoms with Crippen LogP contribution in [0, 0.1) is 0 Å². The van der Waals surface area contributed by atoms with Crippen LogP contribution in [0.1, 0.15) is 17.0 Å². The van der Waals surface area contributed by atoms with E-state index in [9.17, 15) is 13.2 Å². The van der Waals surface area contributed by atoms with Gasteiger partial charge in [0.1, 0.15) is 0 Å². The van der Waals surface area contributed by atoms with Crippen molar-refractivity contribution < 1.29 is 18.3 Å². The molecule has 1 aromatic heterocycles. The van der Waals surface area contributed by atoms with Crippen molar-refractivity contribution in [1.29, 1.82) is 0 Å².